The Morgan fingerprint density at radius 2 is 2.11 bits per heavy atom. The SMILES string of the molecule is [B]1CN(CC2CCC2)C1. The second-order valence-electron chi connectivity index (χ2n) is 3.30. The molecule has 0 bridgehead atoms. The normalized spacial score (nSPS) is 28.4. The summed E-state index contributed by atoms with van der Waals surface area (Å²) < 4.78 is 0. The largest absolute Gasteiger partial charge is 0.319 e. The van der Waals surface area contributed by atoms with E-state index in [-0.39, 0.29) is 0 Å². The average Bonchev–Trinajstić information content (AvgIpc) is 1.57. The molecule has 2 fully saturated rings. The molecule has 1 heterocycles. The zero-order valence-electron chi connectivity index (χ0n) is 5.84. The topological polar surface area (TPSA) is 3.24 Å². The average molecular weight is 122 g/mol. The smallest absolute Gasteiger partial charge is 0.147 e. The fraction of sp³-hybridized carbons (Fsp3) is 1.00. The lowest BCUT2D eigenvalue weighted by Crippen LogP contribution is -2.48. The Bertz CT molecular complexity index is 85.1. The fourth-order valence-electron chi connectivity index (χ4n) is 1.50. The third-order valence-corrected chi connectivity index (χ3v) is 2.52. The van der Waals surface area contributed by atoms with Crippen molar-refractivity contribution in [2.75, 3.05) is 19.4 Å². The van der Waals surface area contributed by atoms with Crippen LogP contribution in [0.1, 0.15) is 19.3 Å². The van der Waals surface area contributed by atoms with Crippen molar-refractivity contribution in [1.82, 2.24) is 4.90 Å². The molecule has 1 radical (unpaired) electrons. The van der Waals surface area contributed by atoms with Crippen LogP contribution in [0.2, 0.25) is 0 Å². The molecule has 0 aromatic carbocycles. The van der Waals surface area contributed by atoms with Gasteiger partial charge in [0.2, 0.25) is 0 Å². The molecule has 0 spiro atoms. The van der Waals surface area contributed by atoms with Crippen molar-refractivity contribution in [1.29, 1.82) is 0 Å². The van der Waals surface area contributed by atoms with Crippen LogP contribution in [-0.2, 0) is 0 Å². The van der Waals surface area contributed by atoms with Crippen LogP contribution in [0.25, 0.3) is 0 Å². The molecule has 0 amide bonds. The lowest BCUT2D eigenvalue weighted by atomic mass is 9.68. The van der Waals surface area contributed by atoms with Gasteiger partial charge in [0.15, 0.2) is 0 Å². The quantitative estimate of drug-likeness (QED) is 0.488. The molecule has 1 nitrogen and oxygen atoms in total. The van der Waals surface area contributed by atoms with Crippen LogP contribution >= 0.6 is 0 Å². The molecule has 0 aromatic heterocycles. The van der Waals surface area contributed by atoms with Gasteiger partial charge in [-0.2, -0.15) is 0 Å². The molecule has 9 heavy (non-hydrogen) atoms. The number of hydrogen-bond acceptors (Lipinski definition) is 1. The summed E-state index contributed by atoms with van der Waals surface area (Å²) in [7, 11) is 2.35. The van der Waals surface area contributed by atoms with Crippen LogP contribution in [0.3, 0.4) is 0 Å². The van der Waals surface area contributed by atoms with Gasteiger partial charge in [-0.05, 0) is 38.2 Å². The summed E-state index contributed by atoms with van der Waals surface area (Å²) >= 11 is 0. The highest BCUT2D eigenvalue weighted by molar-refractivity contribution is 6.39. The van der Waals surface area contributed by atoms with E-state index in [1.165, 1.54) is 38.7 Å². The number of rotatable bonds is 2. The van der Waals surface area contributed by atoms with Crippen molar-refractivity contribution in [2.24, 2.45) is 5.92 Å². The third-order valence-electron chi connectivity index (χ3n) is 2.52. The van der Waals surface area contributed by atoms with Crippen LogP contribution in [0.15, 0.2) is 0 Å². The van der Waals surface area contributed by atoms with Gasteiger partial charge in [-0.15, -0.1) is 0 Å². The fourth-order valence-corrected chi connectivity index (χ4v) is 1.50. The maximum absolute atomic E-state index is 2.53. The minimum absolute atomic E-state index is 1.07. The van der Waals surface area contributed by atoms with Crippen LogP contribution < -0.4 is 0 Å². The Balaban J connectivity index is 1.64. The molecule has 2 rings (SSSR count). The lowest BCUT2D eigenvalue weighted by molar-refractivity contribution is 0.199. The summed E-state index contributed by atoms with van der Waals surface area (Å²) in [4.78, 5) is 2.53. The Morgan fingerprint density at radius 1 is 1.33 bits per heavy atom. The number of nitrogens with zero attached hydrogens (tertiary/aromatic N) is 1. The monoisotopic (exact) mass is 122 g/mol. The van der Waals surface area contributed by atoms with Gasteiger partial charge in [0, 0.05) is 0 Å². The maximum atomic E-state index is 2.53. The van der Waals surface area contributed by atoms with E-state index in [4.69, 9.17) is 0 Å². The molecule has 1 saturated heterocycles. The molecular weight excluding hydrogens is 109 g/mol. The third kappa shape index (κ3) is 1.13. The van der Waals surface area contributed by atoms with Crippen LogP contribution in [0.5, 0.6) is 0 Å². The summed E-state index contributed by atoms with van der Waals surface area (Å²) in [5, 5.41) is 0. The number of hydrogen-bond donors (Lipinski definition) is 0. The highest BCUT2D eigenvalue weighted by Crippen LogP contribution is 2.27. The van der Waals surface area contributed by atoms with Gasteiger partial charge in [0.1, 0.15) is 7.28 Å². The second kappa shape index (κ2) is 2.33. The summed E-state index contributed by atoms with van der Waals surface area (Å²) in [6.45, 7) is 1.39. The molecule has 49 valence electrons. The van der Waals surface area contributed by atoms with E-state index in [2.05, 4.69) is 12.2 Å². The standard InChI is InChI=1S/C7H13BN/c1-2-7(3-1)4-9-5-8-6-9/h7H,1-6H2. The predicted octanol–water partition coefficient (Wildman–Crippen LogP) is 0.721. The highest BCUT2D eigenvalue weighted by Gasteiger charge is 2.23. The first kappa shape index (κ1) is 5.78. The van der Waals surface area contributed by atoms with Gasteiger partial charge in [-0.25, -0.2) is 0 Å². The van der Waals surface area contributed by atoms with E-state index in [9.17, 15) is 0 Å². The zero-order valence-corrected chi connectivity index (χ0v) is 5.84. The van der Waals surface area contributed by atoms with Gasteiger partial charge in [-0.1, -0.05) is 6.42 Å². The van der Waals surface area contributed by atoms with E-state index >= 15 is 0 Å². The van der Waals surface area contributed by atoms with E-state index in [0.717, 1.165) is 5.92 Å². The molecule has 0 unspecified atom stereocenters. The summed E-state index contributed by atoms with van der Waals surface area (Å²) in [5.74, 6) is 1.07. The minimum Gasteiger partial charge on any atom is -0.319 e. The molecular formula is C7H13BN. The first-order valence-corrected chi connectivity index (χ1v) is 3.99. The molecule has 1 saturated carbocycles. The van der Waals surface area contributed by atoms with Crippen LogP contribution in [0, 0.1) is 5.92 Å². The molecule has 1 aliphatic carbocycles. The van der Waals surface area contributed by atoms with Crippen molar-refractivity contribution in [2.45, 2.75) is 19.3 Å². The van der Waals surface area contributed by atoms with Crippen molar-refractivity contribution in [3.8, 4) is 0 Å². The Morgan fingerprint density at radius 3 is 2.44 bits per heavy atom. The van der Waals surface area contributed by atoms with Gasteiger partial charge in [0.05, 0.1) is 0 Å². The van der Waals surface area contributed by atoms with Crippen molar-refractivity contribution >= 4 is 7.28 Å². The van der Waals surface area contributed by atoms with Gasteiger partial charge in [0.25, 0.3) is 0 Å². The van der Waals surface area contributed by atoms with Crippen molar-refractivity contribution in [3.05, 3.63) is 0 Å². The van der Waals surface area contributed by atoms with Gasteiger partial charge in [-0.3, -0.25) is 0 Å². The Labute approximate surface area is 57.7 Å². The van der Waals surface area contributed by atoms with E-state index in [0.29, 0.717) is 0 Å². The van der Waals surface area contributed by atoms with E-state index < -0.39 is 0 Å². The summed E-state index contributed by atoms with van der Waals surface area (Å²) in [6, 6.07) is 0. The van der Waals surface area contributed by atoms with E-state index in [1.807, 2.05) is 0 Å². The first-order valence-electron chi connectivity index (χ1n) is 3.99. The van der Waals surface area contributed by atoms with E-state index in [1.54, 1.807) is 0 Å². The molecule has 2 aliphatic rings. The first-order chi connectivity index (χ1) is 4.45. The van der Waals surface area contributed by atoms with Crippen LogP contribution in [-0.4, -0.2) is 31.6 Å². The zero-order chi connectivity index (χ0) is 6.10. The predicted molar refractivity (Wildman–Crippen MR) is 39.5 cm³/mol. The van der Waals surface area contributed by atoms with Gasteiger partial charge >= 0.3 is 0 Å². The molecule has 0 N–H and O–H groups in total. The molecule has 0 atom stereocenters. The lowest BCUT2D eigenvalue weighted by Gasteiger charge is -2.37. The maximum Gasteiger partial charge on any atom is 0.147 e. The molecule has 2 heteroatoms. The molecule has 1 aliphatic heterocycles. The minimum atomic E-state index is 1.07. The van der Waals surface area contributed by atoms with Crippen molar-refractivity contribution < 1.29 is 0 Å². The molecule has 0 aromatic rings. The van der Waals surface area contributed by atoms with Crippen molar-refractivity contribution in [3.63, 3.8) is 0 Å². The summed E-state index contributed by atoms with van der Waals surface area (Å²) in [5.41, 5.74) is 0. The Hall–Kier alpha value is 0.0249. The van der Waals surface area contributed by atoms with Crippen LogP contribution in [0.4, 0.5) is 0 Å². The highest BCUT2D eigenvalue weighted by atomic mass is 15.1. The Kier molecular flexibility index (Phi) is 1.50. The summed E-state index contributed by atoms with van der Waals surface area (Å²) in [6.07, 6.45) is 7.00. The second-order valence-corrected chi connectivity index (χ2v) is 3.30. The van der Waals surface area contributed by atoms with Gasteiger partial charge < -0.3 is 4.90 Å².